The Morgan fingerprint density at radius 3 is 3.00 bits per heavy atom. The van der Waals surface area contributed by atoms with Gasteiger partial charge in [-0.3, -0.25) is 0 Å². The van der Waals surface area contributed by atoms with E-state index in [1.165, 1.54) is 0 Å². The van der Waals surface area contributed by atoms with Crippen molar-refractivity contribution in [1.29, 1.82) is 0 Å². The molecule has 0 aliphatic carbocycles. The lowest BCUT2D eigenvalue weighted by Crippen LogP contribution is -2.31. The highest BCUT2D eigenvalue weighted by Crippen LogP contribution is 2.04. The Hall–Kier alpha value is -0.150. The molecule has 0 aromatic carbocycles. The molecule has 40 valence electrons. The van der Waals surface area contributed by atoms with Crippen molar-refractivity contribution in [2.24, 2.45) is 0 Å². The van der Waals surface area contributed by atoms with Gasteiger partial charge in [0, 0.05) is 13.2 Å². The van der Waals surface area contributed by atoms with E-state index in [1.807, 2.05) is 23.7 Å². The van der Waals surface area contributed by atoms with Gasteiger partial charge >= 0.3 is 0 Å². The highest BCUT2D eigenvalue weighted by molar-refractivity contribution is 8.02. The molecule has 0 unspecified atom stereocenters. The van der Waals surface area contributed by atoms with E-state index >= 15 is 0 Å². The fourth-order valence-corrected chi connectivity index (χ4v) is 0.939. The van der Waals surface area contributed by atoms with E-state index in [4.69, 9.17) is 0 Å². The van der Waals surface area contributed by atoms with Crippen molar-refractivity contribution in [3.8, 4) is 0 Å². The Bertz CT molecular complexity index is 81.8. The number of hydrazine groups is 1. The quantitative estimate of drug-likeness (QED) is 0.499. The van der Waals surface area contributed by atoms with Gasteiger partial charge in [-0.2, -0.15) is 0 Å². The number of thioether (sulfide) groups is 1. The first-order valence-corrected chi connectivity index (χ1v) is 3.18. The summed E-state index contributed by atoms with van der Waals surface area (Å²) < 4.78 is 0. The second-order valence-corrected chi connectivity index (χ2v) is 2.29. The Morgan fingerprint density at radius 1 is 1.86 bits per heavy atom. The molecule has 0 saturated heterocycles. The van der Waals surface area contributed by atoms with Gasteiger partial charge in [-0.05, 0) is 5.41 Å². The third kappa shape index (κ3) is 1.41. The van der Waals surface area contributed by atoms with Crippen LogP contribution in [0, 0.1) is 0 Å². The van der Waals surface area contributed by atoms with E-state index in [1.54, 1.807) is 11.8 Å². The van der Waals surface area contributed by atoms with Crippen molar-refractivity contribution in [2.45, 2.75) is 0 Å². The Labute approximate surface area is 47.5 Å². The molecule has 0 aromatic heterocycles. The second kappa shape index (κ2) is 2.23. The van der Waals surface area contributed by atoms with Gasteiger partial charge in [-0.25, -0.2) is 5.01 Å². The summed E-state index contributed by atoms with van der Waals surface area (Å²) in [7, 11) is 2.01. The average Bonchev–Trinajstić information content (AvgIpc) is 1.69. The van der Waals surface area contributed by atoms with Gasteiger partial charge < -0.3 is 5.43 Å². The number of nitrogens with zero attached hydrogens (tertiary/aromatic N) is 1. The van der Waals surface area contributed by atoms with Crippen molar-refractivity contribution >= 4 is 11.8 Å². The van der Waals surface area contributed by atoms with E-state index in [9.17, 15) is 0 Å². The summed E-state index contributed by atoms with van der Waals surface area (Å²) in [5, 5.41) is 4.06. The molecular weight excluding hydrogens is 108 g/mol. The van der Waals surface area contributed by atoms with Crippen LogP contribution < -0.4 is 5.43 Å². The molecule has 0 amide bonds. The van der Waals surface area contributed by atoms with Crippen LogP contribution in [0.4, 0.5) is 0 Å². The first kappa shape index (κ1) is 5.00. The van der Waals surface area contributed by atoms with Gasteiger partial charge in [0.1, 0.15) is 0 Å². The SMILES string of the molecule is CN1CSC=CN1. The Balaban J connectivity index is 2.32. The third-order valence-electron chi connectivity index (χ3n) is 0.727. The zero-order chi connectivity index (χ0) is 5.11. The summed E-state index contributed by atoms with van der Waals surface area (Å²) in [5.41, 5.74) is 3.01. The number of nitrogens with one attached hydrogen (secondary N) is 1. The molecule has 7 heavy (non-hydrogen) atoms. The summed E-state index contributed by atoms with van der Waals surface area (Å²) in [5.74, 6) is 1.04. The van der Waals surface area contributed by atoms with Crippen molar-refractivity contribution in [3.63, 3.8) is 0 Å². The molecule has 0 fully saturated rings. The molecule has 1 rings (SSSR count). The summed E-state index contributed by atoms with van der Waals surface area (Å²) >= 11 is 1.79. The van der Waals surface area contributed by atoms with Crippen LogP contribution in [-0.2, 0) is 0 Å². The molecule has 1 N–H and O–H groups in total. The molecule has 0 spiro atoms. The van der Waals surface area contributed by atoms with Crippen molar-refractivity contribution < 1.29 is 0 Å². The number of rotatable bonds is 0. The largest absolute Gasteiger partial charge is 0.325 e. The van der Waals surface area contributed by atoms with E-state index in [0.717, 1.165) is 5.88 Å². The number of hydrogen-bond donors (Lipinski definition) is 1. The van der Waals surface area contributed by atoms with Gasteiger partial charge in [0.15, 0.2) is 0 Å². The van der Waals surface area contributed by atoms with Crippen LogP contribution in [0.15, 0.2) is 11.6 Å². The second-order valence-electron chi connectivity index (χ2n) is 1.43. The van der Waals surface area contributed by atoms with Crippen LogP contribution in [0.5, 0.6) is 0 Å². The molecule has 0 atom stereocenters. The van der Waals surface area contributed by atoms with Crippen LogP contribution in [0.2, 0.25) is 0 Å². The molecule has 0 radical (unpaired) electrons. The first-order valence-electron chi connectivity index (χ1n) is 2.13. The van der Waals surface area contributed by atoms with Gasteiger partial charge in [0.2, 0.25) is 0 Å². The van der Waals surface area contributed by atoms with Crippen LogP contribution in [0.3, 0.4) is 0 Å². The van der Waals surface area contributed by atoms with Crippen LogP contribution in [0.25, 0.3) is 0 Å². The third-order valence-corrected chi connectivity index (χ3v) is 1.59. The summed E-state index contributed by atoms with van der Waals surface area (Å²) in [6, 6.07) is 0. The van der Waals surface area contributed by atoms with Crippen LogP contribution in [0.1, 0.15) is 0 Å². The summed E-state index contributed by atoms with van der Waals surface area (Å²) in [4.78, 5) is 0. The number of hydrogen-bond acceptors (Lipinski definition) is 3. The Kier molecular flexibility index (Phi) is 1.59. The van der Waals surface area contributed by atoms with E-state index in [2.05, 4.69) is 5.43 Å². The standard InChI is InChI=1S/C4H8N2S/c1-6-4-7-3-2-5-6/h2-3,5H,4H2,1H3. The van der Waals surface area contributed by atoms with E-state index in [-0.39, 0.29) is 0 Å². The lowest BCUT2D eigenvalue weighted by Gasteiger charge is -2.17. The molecule has 0 bridgehead atoms. The predicted octanol–water partition coefficient (Wildman–Crippen LogP) is 0.598. The lowest BCUT2D eigenvalue weighted by atomic mass is 11.0. The molecule has 0 aromatic rings. The zero-order valence-electron chi connectivity index (χ0n) is 4.22. The maximum atomic E-state index is 3.01. The molecule has 1 aliphatic rings. The Morgan fingerprint density at radius 2 is 2.71 bits per heavy atom. The maximum absolute atomic E-state index is 3.01. The minimum absolute atomic E-state index is 1.04. The fourth-order valence-electron chi connectivity index (χ4n) is 0.398. The monoisotopic (exact) mass is 116 g/mol. The molecule has 0 saturated carbocycles. The summed E-state index contributed by atoms with van der Waals surface area (Å²) in [6.45, 7) is 0. The zero-order valence-corrected chi connectivity index (χ0v) is 5.03. The first-order chi connectivity index (χ1) is 3.39. The average molecular weight is 116 g/mol. The minimum atomic E-state index is 1.04. The summed E-state index contributed by atoms with van der Waals surface area (Å²) in [6.07, 6.45) is 1.92. The van der Waals surface area contributed by atoms with Gasteiger partial charge in [-0.1, -0.05) is 0 Å². The highest BCUT2D eigenvalue weighted by atomic mass is 32.2. The van der Waals surface area contributed by atoms with E-state index < -0.39 is 0 Å². The smallest absolute Gasteiger partial charge is 0.0673 e. The minimum Gasteiger partial charge on any atom is -0.325 e. The molecule has 2 nitrogen and oxygen atoms in total. The van der Waals surface area contributed by atoms with Gasteiger partial charge in [0.05, 0.1) is 5.88 Å². The molecule has 3 heteroatoms. The lowest BCUT2D eigenvalue weighted by molar-refractivity contribution is 0.325. The van der Waals surface area contributed by atoms with Crippen molar-refractivity contribution in [3.05, 3.63) is 11.6 Å². The van der Waals surface area contributed by atoms with Crippen molar-refractivity contribution in [2.75, 3.05) is 12.9 Å². The maximum Gasteiger partial charge on any atom is 0.0673 e. The predicted molar refractivity (Wildman–Crippen MR) is 32.5 cm³/mol. The molecular formula is C4H8N2S. The molecule has 1 aliphatic heterocycles. The van der Waals surface area contributed by atoms with Crippen LogP contribution in [-0.4, -0.2) is 17.9 Å². The fraction of sp³-hybridized carbons (Fsp3) is 0.500. The normalized spacial score (nSPS) is 21.9. The topological polar surface area (TPSA) is 15.3 Å². The highest BCUT2D eigenvalue weighted by Gasteiger charge is 1.94. The van der Waals surface area contributed by atoms with Crippen molar-refractivity contribution in [1.82, 2.24) is 10.4 Å². The van der Waals surface area contributed by atoms with E-state index in [0.29, 0.717) is 0 Å². The molecule has 1 heterocycles. The van der Waals surface area contributed by atoms with Gasteiger partial charge in [-0.15, -0.1) is 11.8 Å². The van der Waals surface area contributed by atoms with Crippen LogP contribution >= 0.6 is 11.8 Å². The van der Waals surface area contributed by atoms with Gasteiger partial charge in [0.25, 0.3) is 0 Å².